The molecule has 3 rings (SSSR count). The van der Waals surface area contributed by atoms with Gasteiger partial charge in [0.05, 0.1) is 6.61 Å². The highest BCUT2D eigenvalue weighted by Gasteiger charge is 2.62. The van der Waals surface area contributed by atoms with Gasteiger partial charge in [0.25, 0.3) is 0 Å². The Kier molecular flexibility index (Phi) is 5.09. The molecule has 2 N–H and O–H groups in total. The quantitative estimate of drug-likeness (QED) is 0.748. The molecular formula is C21H23NO4. The third-order valence-electron chi connectivity index (χ3n) is 4.88. The van der Waals surface area contributed by atoms with Crippen LogP contribution in [0.5, 0.6) is 0 Å². The maximum absolute atomic E-state index is 11.9. The Morgan fingerprint density at radius 1 is 1.15 bits per heavy atom. The Morgan fingerprint density at radius 3 is 2.35 bits per heavy atom. The highest BCUT2D eigenvalue weighted by molar-refractivity contribution is 5.87. The zero-order valence-corrected chi connectivity index (χ0v) is 14.9. The van der Waals surface area contributed by atoms with Crippen LogP contribution in [0.1, 0.15) is 31.7 Å². The van der Waals surface area contributed by atoms with E-state index in [0.29, 0.717) is 6.42 Å². The number of carbonyl (C=O) groups excluding carboxylic acids is 1. The lowest BCUT2D eigenvalue weighted by molar-refractivity contribution is -0.147. The number of benzene rings is 2. The minimum absolute atomic E-state index is 0.165. The highest BCUT2D eigenvalue weighted by Crippen LogP contribution is 2.52. The Balaban J connectivity index is 1.75. The van der Waals surface area contributed by atoms with Crippen LogP contribution in [0.15, 0.2) is 54.6 Å². The molecule has 0 amide bonds. The van der Waals surface area contributed by atoms with Crippen LogP contribution in [-0.4, -0.2) is 35.2 Å². The van der Waals surface area contributed by atoms with Gasteiger partial charge in [0.1, 0.15) is 11.6 Å². The van der Waals surface area contributed by atoms with Crippen LogP contribution in [0, 0.1) is 0 Å². The molecule has 1 fully saturated rings. The summed E-state index contributed by atoms with van der Waals surface area (Å²) < 4.78 is 4.97. The van der Waals surface area contributed by atoms with Gasteiger partial charge >= 0.3 is 11.9 Å². The average Bonchev–Trinajstić information content (AvgIpc) is 3.38. The van der Waals surface area contributed by atoms with E-state index >= 15 is 0 Å². The van der Waals surface area contributed by atoms with Crippen LogP contribution >= 0.6 is 0 Å². The summed E-state index contributed by atoms with van der Waals surface area (Å²) >= 11 is 0. The lowest BCUT2D eigenvalue weighted by atomic mass is 10.0. The van der Waals surface area contributed by atoms with Gasteiger partial charge < -0.3 is 9.84 Å². The second-order valence-electron chi connectivity index (χ2n) is 6.64. The number of carbonyl (C=O) groups is 2. The molecule has 1 aliphatic carbocycles. The van der Waals surface area contributed by atoms with E-state index in [4.69, 9.17) is 4.74 Å². The lowest BCUT2D eigenvalue weighted by Gasteiger charge is -2.20. The number of carboxylic acid groups (broad SMARTS) is 1. The van der Waals surface area contributed by atoms with E-state index in [-0.39, 0.29) is 12.5 Å². The first kappa shape index (κ1) is 18.1. The summed E-state index contributed by atoms with van der Waals surface area (Å²) in [5, 5.41) is 12.7. The fourth-order valence-electron chi connectivity index (χ4n) is 3.37. The van der Waals surface area contributed by atoms with Crippen LogP contribution < -0.4 is 5.32 Å². The minimum Gasteiger partial charge on any atom is -0.480 e. The first-order valence-corrected chi connectivity index (χ1v) is 8.81. The van der Waals surface area contributed by atoms with Crippen molar-refractivity contribution in [3.05, 3.63) is 60.2 Å². The first-order chi connectivity index (χ1) is 12.5. The molecule has 5 nitrogen and oxygen atoms in total. The summed E-state index contributed by atoms with van der Waals surface area (Å²) in [5.74, 6) is -1.54. The van der Waals surface area contributed by atoms with E-state index in [0.717, 1.165) is 16.7 Å². The van der Waals surface area contributed by atoms with Crippen molar-refractivity contribution in [1.29, 1.82) is 0 Å². The van der Waals surface area contributed by atoms with E-state index in [1.54, 1.807) is 13.8 Å². The summed E-state index contributed by atoms with van der Waals surface area (Å²) in [4.78, 5) is 23.7. The zero-order chi connectivity index (χ0) is 18.7. The van der Waals surface area contributed by atoms with Gasteiger partial charge in [0, 0.05) is 5.92 Å². The molecular weight excluding hydrogens is 330 g/mol. The lowest BCUT2D eigenvalue weighted by Crippen LogP contribution is -2.49. The predicted molar refractivity (Wildman–Crippen MR) is 98.8 cm³/mol. The van der Waals surface area contributed by atoms with Crippen LogP contribution in [0.2, 0.25) is 0 Å². The summed E-state index contributed by atoms with van der Waals surface area (Å²) in [5.41, 5.74) is 2.05. The average molecular weight is 353 g/mol. The molecule has 1 unspecified atom stereocenters. The Hall–Kier alpha value is -2.66. The topological polar surface area (TPSA) is 75.6 Å². The van der Waals surface area contributed by atoms with Crippen molar-refractivity contribution >= 4 is 11.9 Å². The van der Waals surface area contributed by atoms with Gasteiger partial charge in [0.2, 0.25) is 0 Å². The van der Waals surface area contributed by atoms with E-state index in [1.807, 2.05) is 54.6 Å². The van der Waals surface area contributed by atoms with Crippen molar-refractivity contribution in [2.75, 3.05) is 6.61 Å². The van der Waals surface area contributed by atoms with Gasteiger partial charge in [0.15, 0.2) is 0 Å². The summed E-state index contributed by atoms with van der Waals surface area (Å²) in [6.07, 6.45) is 0.455. The molecule has 0 aliphatic heterocycles. The number of hydrogen-bond acceptors (Lipinski definition) is 4. The number of ether oxygens (including phenoxy) is 1. The molecule has 2 aromatic carbocycles. The van der Waals surface area contributed by atoms with Crippen LogP contribution in [0.3, 0.4) is 0 Å². The molecule has 0 spiro atoms. The number of esters is 1. The van der Waals surface area contributed by atoms with Crippen molar-refractivity contribution in [3.63, 3.8) is 0 Å². The predicted octanol–water partition coefficient (Wildman–Crippen LogP) is 3.21. The number of carboxylic acids is 1. The zero-order valence-electron chi connectivity index (χ0n) is 14.9. The Bertz CT molecular complexity index is 787. The number of hydrogen-bond donors (Lipinski definition) is 2. The number of rotatable bonds is 7. The van der Waals surface area contributed by atoms with Crippen molar-refractivity contribution in [3.8, 4) is 11.1 Å². The number of nitrogens with one attached hydrogen (secondary N) is 1. The second-order valence-corrected chi connectivity index (χ2v) is 6.64. The first-order valence-electron chi connectivity index (χ1n) is 8.81. The molecule has 136 valence electrons. The van der Waals surface area contributed by atoms with Gasteiger partial charge in [-0.05, 0) is 37.0 Å². The third-order valence-corrected chi connectivity index (χ3v) is 4.88. The largest absolute Gasteiger partial charge is 0.480 e. The molecule has 1 aliphatic rings. The molecule has 0 heterocycles. The maximum Gasteiger partial charge on any atom is 0.324 e. The van der Waals surface area contributed by atoms with Gasteiger partial charge in [-0.25, -0.2) is 0 Å². The number of aliphatic carboxylic acids is 1. The van der Waals surface area contributed by atoms with Gasteiger partial charge in [-0.15, -0.1) is 0 Å². The van der Waals surface area contributed by atoms with E-state index in [9.17, 15) is 14.7 Å². The smallest absolute Gasteiger partial charge is 0.324 e. The third kappa shape index (κ3) is 3.48. The Morgan fingerprint density at radius 2 is 1.77 bits per heavy atom. The van der Waals surface area contributed by atoms with E-state index in [1.165, 1.54) is 0 Å². The van der Waals surface area contributed by atoms with E-state index in [2.05, 4.69) is 5.32 Å². The molecule has 0 aromatic heterocycles. The SMILES string of the molecule is CCOC(=O)[C@H](C)NC1(C(=O)O)C[C@H]1c1ccc(-c2ccccc2)cc1. The van der Waals surface area contributed by atoms with Gasteiger partial charge in [-0.1, -0.05) is 54.6 Å². The maximum atomic E-state index is 11.9. The highest BCUT2D eigenvalue weighted by atomic mass is 16.5. The van der Waals surface area contributed by atoms with Crippen molar-refractivity contribution in [1.82, 2.24) is 5.32 Å². The van der Waals surface area contributed by atoms with Crippen LogP contribution in [0.4, 0.5) is 0 Å². The van der Waals surface area contributed by atoms with Crippen molar-refractivity contribution < 1.29 is 19.4 Å². The fourth-order valence-corrected chi connectivity index (χ4v) is 3.37. The molecule has 1 saturated carbocycles. The summed E-state index contributed by atoms with van der Waals surface area (Å²) in [7, 11) is 0. The molecule has 3 atom stereocenters. The van der Waals surface area contributed by atoms with Gasteiger partial charge in [-0.3, -0.25) is 14.9 Å². The standard InChI is InChI=1S/C21H23NO4/c1-3-26-19(23)14(2)22-21(20(24)25)13-18(21)17-11-9-16(10-12-17)15-7-5-4-6-8-15/h4-12,14,18,22H,3,13H2,1-2H3,(H,24,25)/t14-,18-,21?/m0/s1. The summed E-state index contributed by atoms with van der Waals surface area (Å²) in [6.45, 7) is 3.64. The van der Waals surface area contributed by atoms with Crippen LogP contribution in [0.25, 0.3) is 11.1 Å². The van der Waals surface area contributed by atoms with Crippen LogP contribution in [-0.2, 0) is 14.3 Å². The van der Waals surface area contributed by atoms with Crippen molar-refractivity contribution in [2.45, 2.75) is 37.8 Å². The molecule has 26 heavy (non-hydrogen) atoms. The van der Waals surface area contributed by atoms with E-state index < -0.39 is 23.5 Å². The molecule has 0 radical (unpaired) electrons. The monoisotopic (exact) mass is 353 g/mol. The molecule has 0 bridgehead atoms. The van der Waals surface area contributed by atoms with Gasteiger partial charge in [-0.2, -0.15) is 0 Å². The summed E-state index contributed by atoms with van der Waals surface area (Å²) in [6, 6.07) is 17.3. The molecule has 5 heteroatoms. The normalized spacial score (nSPS) is 22.5. The fraction of sp³-hybridized carbons (Fsp3) is 0.333. The minimum atomic E-state index is -1.11. The van der Waals surface area contributed by atoms with Crippen molar-refractivity contribution in [2.24, 2.45) is 0 Å². The second kappa shape index (κ2) is 7.30. The molecule has 0 saturated heterocycles. The molecule has 2 aromatic rings. The Labute approximate surface area is 153 Å².